The minimum absolute atomic E-state index is 0.00955. The number of carbonyl (C=O) groups excluding carboxylic acids is 1. The number of amides is 1. The first-order valence-electron chi connectivity index (χ1n) is 9.49. The van der Waals surface area contributed by atoms with Gasteiger partial charge in [0.05, 0.1) is 0 Å². The number of anilines is 1. The summed E-state index contributed by atoms with van der Waals surface area (Å²) in [5.74, 6) is -0.651. The minimum atomic E-state index is -1.72. The molecule has 160 valence electrons. The zero-order chi connectivity index (χ0) is 22.0. The number of hydrogen-bond donors (Lipinski definition) is 1. The van der Waals surface area contributed by atoms with Crippen molar-refractivity contribution < 1.29 is 32.5 Å². The third kappa shape index (κ3) is 4.42. The van der Waals surface area contributed by atoms with E-state index in [9.17, 15) is 18.7 Å². The Bertz CT molecular complexity index is 1040. The first kappa shape index (κ1) is 20.6. The number of phenols is 1. The molecule has 1 unspecified atom stereocenters. The van der Waals surface area contributed by atoms with Crippen molar-refractivity contribution in [3.8, 4) is 11.5 Å². The molecule has 1 aliphatic rings. The topological polar surface area (TPSA) is 59.0 Å². The molecule has 0 aliphatic carbocycles. The highest BCUT2D eigenvalue weighted by Crippen LogP contribution is 2.40. The first-order chi connectivity index (χ1) is 14.9. The van der Waals surface area contributed by atoms with E-state index < -0.39 is 42.7 Å². The molecule has 1 heterocycles. The molecule has 31 heavy (non-hydrogen) atoms. The molecule has 8 heteroatoms. The molecule has 0 bridgehead atoms. The van der Waals surface area contributed by atoms with Crippen molar-refractivity contribution in [1.29, 1.82) is 0 Å². The molecule has 0 radical (unpaired) electrons. The quantitative estimate of drug-likeness (QED) is 0.589. The van der Waals surface area contributed by atoms with Gasteiger partial charge in [0.2, 0.25) is 0 Å². The van der Waals surface area contributed by atoms with Crippen LogP contribution in [0.15, 0.2) is 72.8 Å². The van der Waals surface area contributed by atoms with Gasteiger partial charge in [-0.05, 0) is 66.2 Å². The summed E-state index contributed by atoms with van der Waals surface area (Å²) in [5.41, 5.74) is 0.848. The van der Waals surface area contributed by atoms with Crippen molar-refractivity contribution in [3.63, 3.8) is 0 Å². The Morgan fingerprint density at radius 3 is 2.13 bits per heavy atom. The summed E-state index contributed by atoms with van der Waals surface area (Å²) in [5, 5.41) is 9.60. The molecular weight excluding hydrogens is 411 g/mol. The van der Waals surface area contributed by atoms with Crippen molar-refractivity contribution in [3.05, 3.63) is 90.0 Å². The summed E-state index contributed by atoms with van der Waals surface area (Å²) in [6.07, 6.45) is -3.75. The van der Waals surface area contributed by atoms with E-state index in [0.717, 1.165) is 0 Å². The van der Waals surface area contributed by atoms with Gasteiger partial charge in [0, 0.05) is 5.69 Å². The largest absolute Gasteiger partial charge is 0.508 e. The van der Waals surface area contributed by atoms with Gasteiger partial charge in [0.25, 0.3) is 0 Å². The number of aromatic hydroxyl groups is 1. The highest BCUT2D eigenvalue weighted by Gasteiger charge is 2.48. The van der Waals surface area contributed by atoms with E-state index in [-0.39, 0.29) is 11.5 Å². The van der Waals surface area contributed by atoms with Gasteiger partial charge in [0.1, 0.15) is 35.8 Å². The van der Waals surface area contributed by atoms with Crippen LogP contribution in [0.4, 0.5) is 23.7 Å². The Balaban J connectivity index is 1.61. The van der Waals surface area contributed by atoms with Crippen LogP contribution in [0.2, 0.25) is 0 Å². The lowest BCUT2D eigenvalue weighted by Crippen LogP contribution is -2.36. The van der Waals surface area contributed by atoms with Gasteiger partial charge in [-0.2, -0.15) is 0 Å². The number of phenolic OH excluding ortho intramolecular Hbond substituents is 1. The summed E-state index contributed by atoms with van der Waals surface area (Å²) < 4.78 is 52.3. The van der Waals surface area contributed by atoms with Crippen LogP contribution in [0.5, 0.6) is 11.5 Å². The van der Waals surface area contributed by atoms with Crippen LogP contribution in [0.1, 0.15) is 11.6 Å². The fraction of sp³-hybridized carbons (Fsp3) is 0.174. The number of alkyl halides is 1. The normalized spacial score (nSPS) is 19.2. The number of halogens is 3. The smallest absolute Gasteiger partial charge is 0.415 e. The van der Waals surface area contributed by atoms with Gasteiger partial charge in [0.15, 0.2) is 12.3 Å². The Morgan fingerprint density at radius 1 is 0.935 bits per heavy atom. The predicted molar refractivity (Wildman–Crippen MR) is 107 cm³/mol. The van der Waals surface area contributed by atoms with Gasteiger partial charge in [-0.1, -0.05) is 12.1 Å². The van der Waals surface area contributed by atoms with Gasteiger partial charge < -0.3 is 14.6 Å². The number of nitrogens with zero attached hydrogens (tertiary/aromatic N) is 1. The van der Waals surface area contributed by atoms with E-state index in [4.69, 9.17) is 9.47 Å². The SMILES string of the molecule is O=C1OC([C@H](F)COc2ccc(F)cc2)[C@@H](c2ccc(O)cc2)N1c1ccc(F)cc1. The van der Waals surface area contributed by atoms with Crippen LogP contribution < -0.4 is 9.64 Å². The number of benzene rings is 3. The number of carbonyl (C=O) groups is 1. The summed E-state index contributed by atoms with van der Waals surface area (Å²) in [6.45, 7) is -0.435. The second kappa shape index (κ2) is 8.59. The summed E-state index contributed by atoms with van der Waals surface area (Å²) in [7, 11) is 0. The number of ether oxygens (including phenoxy) is 2. The molecule has 1 amide bonds. The molecule has 3 atom stereocenters. The van der Waals surface area contributed by atoms with Crippen LogP contribution >= 0.6 is 0 Å². The molecule has 3 aromatic rings. The standard InChI is InChI=1S/C23H18F3NO4/c24-15-3-7-17(8-4-15)27-21(14-1-9-18(28)10-2-14)22(31-23(27)29)20(26)13-30-19-11-5-16(25)6-12-19/h1-12,20-22,28H,13H2/t20-,21-,22?/m1/s1. The second-order valence-corrected chi connectivity index (χ2v) is 7.01. The first-order valence-corrected chi connectivity index (χ1v) is 9.49. The number of hydrogen-bond acceptors (Lipinski definition) is 4. The Labute approximate surface area is 176 Å². The summed E-state index contributed by atoms with van der Waals surface area (Å²) in [6, 6.07) is 15.3. The van der Waals surface area contributed by atoms with Crippen molar-refractivity contribution in [2.45, 2.75) is 18.3 Å². The summed E-state index contributed by atoms with van der Waals surface area (Å²) in [4.78, 5) is 13.9. The van der Waals surface area contributed by atoms with E-state index in [0.29, 0.717) is 11.3 Å². The van der Waals surface area contributed by atoms with Crippen LogP contribution in [0, 0.1) is 11.6 Å². The summed E-state index contributed by atoms with van der Waals surface area (Å²) >= 11 is 0. The molecule has 1 N–H and O–H groups in total. The van der Waals surface area contributed by atoms with E-state index in [1.807, 2.05) is 0 Å². The van der Waals surface area contributed by atoms with E-state index in [1.54, 1.807) is 12.1 Å². The van der Waals surface area contributed by atoms with Crippen LogP contribution in [0.25, 0.3) is 0 Å². The van der Waals surface area contributed by atoms with Crippen molar-refractivity contribution >= 4 is 11.8 Å². The molecular formula is C23H18F3NO4. The third-order valence-electron chi connectivity index (χ3n) is 4.94. The average molecular weight is 429 g/mol. The Morgan fingerprint density at radius 2 is 1.52 bits per heavy atom. The predicted octanol–water partition coefficient (Wildman–Crippen LogP) is 5.15. The Hall–Kier alpha value is -3.68. The van der Waals surface area contributed by atoms with Crippen molar-refractivity contribution in [1.82, 2.24) is 0 Å². The highest BCUT2D eigenvalue weighted by atomic mass is 19.1. The molecule has 0 spiro atoms. The van der Waals surface area contributed by atoms with Crippen molar-refractivity contribution in [2.24, 2.45) is 0 Å². The van der Waals surface area contributed by atoms with Crippen LogP contribution in [0.3, 0.4) is 0 Å². The molecule has 4 rings (SSSR count). The van der Waals surface area contributed by atoms with Gasteiger partial charge in [-0.25, -0.2) is 18.0 Å². The molecule has 0 aromatic heterocycles. The fourth-order valence-electron chi connectivity index (χ4n) is 3.45. The molecule has 1 aliphatic heterocycles. The zero-order valence-corrected chi connectivity index (χ0v) is 16.1. The van der Waals surface area contributed by atoms with Gasteiger partial charge >= 0.3 is 6.09 Å². The lowest BCUT2D eigenvalue weighted by atomic mass is 9.97. The second-order valence-electron chi connectivity index (χ2n) is 7.01. The van der Waals surface area contributed by atoms with E-state index in [2.05, 4.69) is 0 Å². The maximum atomic E-state index is 15.2. The minimum Gasteiger partial charge on any atom is -0.508 e. The Kier molecular flexibility index (Phi) is 5.70. The lowest BCUT2D eigenvalue weighted by Gasteiger charge is -2.26. The maximum absolute atomic E-state index is 15.2. The fourth-order valence-corrected chi connectivity index (χ4v) is 3.45. The van der Waals surface area contributed by atoms with Gasteiger partial charge in [-0.15, -0.1) is 0 Å². The number of rotatable bonds is 6. The highest BCUT2D eigenvalue weighted by molar-refractivity contribution is 5.91. The molecule has 3 aromatic carbocycles. The maximum Gasteiger partial charge on any atom is 0.415 e. The number of cyclic esters (lactones) is 1. The van der Waals surface area contributed by atoms with Crippen LogP contribution in [-0.4, -0.2) is 30.1 Å². The average Bonchev–Trinajstić information content (AvgIpc) is 3.11. The van der Waals surface area contributed by atoms with E-state index >= 15 is 4.39 Å². The molecule has 1 fully saturated rings. The van der Waals surface area contributed by atoms with Crippen molar-refractivity contribution in [2.75, 3.05) is 11.5 Å². The van der Waals surface area contributed by atoms with Gasteiger partial charge in [-0.3, -0.25) is 4.90 Å². The lowest BCUT2D eigenvalue weighted by molar-refractivity contribution is 0.0434. The zero-order valence-electron chi connectivity index (χ0n) is 16.1. The molecule has 1 saturated heterocycles. The van der Waals surface area contributed by atoms with Crippen LogP contribution in [-0.2, 0) is 4.74 Å². The molecule has 5 nitrogen and oxygen atoms in total. The monoisotopic (exact) mass is 429 g/mol. The molecule has 0 saturated carbocycles. The van der Waals surface area contributed by atoms with E-state index in [1.165, 1.54) is 65.6 Å². The third-order valence-corrected chi connectivity index (χ3v) is 4.94.